The zero-order chi connectivity index (χ0) is 15.0. The van der Waals surface area contributed by atoms with E-state index >= 15 is 0 Å². The van der Waals surface area contributed by atoms with E-state index in [2.05, 4.69) is 5.32 Å². The Balaban J connectivity index is 2.05. The van der Waals surface area contributed by atoms with Crippen LogP contribution >= 0.6 is 0 Å². The predicted molar refractivity (Wildman–Crippen MR) is 73.0 cm³/mol. The van der Waals surface area contributed by atoms with Crippen LogP contribution in [-0.2, 0) is 0 Å². The Labute approximate surface area is 119 Å². The van der Waals surface area contributed by atoms with Crippen LogP contribution in [0.3, 0.4) is 0 Å². The molecule has 0 atom stereocenters. The SMILES string of the molecule is O=C([O-])c1cccc(N2C(=O)Nc3ccccc3N2O)c1. The van der Waals surface area contributed by atoms with E-state index in [1.165, 1.54) is 24.3 Å². The summed E-state index contributed by atoms with van der Waals surface area (Å²) in [6, 6.07) is 11.6. The number of rotatable bonds is 2. The highest BCUT2D eigenvalue weighted by molar-refractivity contribution is 6.08. The minimum Gasteiger partial charge on any atom is -0.545 e. The molecule has 0 spiro atoms. The lowest BCUT2D eigenvalue weighted by Gasteiger charge is -2.36. The third-order valence-corrected chi connectivity index (χ3v) is 3.07. The van der Waals surface area contributed by atoms with Crippen molar-refractivity contribution in [2.75, 3.05) is 15.5 Å². The van der Waals surface area contributed by atoms with Crippen molar-refractivity contribution in [3.8, 4) is 0 Å². The lowest BCUT2D eigenvalue weighted by Crippen LogP contribution is -2.51. The molecule has 2 aromatic carbocycles. The number of hydrazine groups is 1. The molecule has 7 heteroatoms. The number of carboxylic acid groups (broad SMARTS) is 1. The summed E-state index contributed by atoms with van der Waals surface area (Å²) in [7, 11) is 0. The summed E-state index contributed by atoms with van der Waals surface area (Å²) in [5, 5.41) is 25.3. The quantitative estimate of drug-likeness (QED) is 0.864. The van der Waals surface area contributed by atoms with E-state index in [0.717, 1.165) is 5.01 Å². The monoisotopic (exact) mass is 284 g/mol. The first-order chi connectivity index (χ1) is 10.1. The van der Waals surface area contributed by atoms with Gasteiger partial charge >= 0.3 is 6.03 Å². The van der Waals surface area contributed by atoms with Crippen LogP contribution in [0.5, 0.6) is 0 Å². The molecule has 1 aliphatic heterocycles. The van der Waals surface area contributed by atoms with Crippen molar-refractivity contribution >= 4 is 29.1 Å². The van der Waals surface area contributed by atoms with Gasteiger partial charge in [-0.2, -0.15) is 10.2 Å². The lowest BCUT2D eigenvalue weighted by molar-refractivity contribution is -0.255. The molecule has 1 heterocycles. The van der Waals surface area contributed by atoms with Gasteiger partial charge in [0, 0.05) is 0 Å². The van der Waals surface area contributed by atoms with E-state index in [1.807, 2.05) is 0 Å². The van der Waals surface area contributed by atoms with Crippen molar-refractivity contribution in [1.29, 1.82) is 0 Å². The summed E-state index contributed by atoms with van der Waals surface area (Å²) in [6.45, 7) is 0. The Bertz CT molecular complexity index is 732. The lowest BCUT2D eigenvalue weighted by atomic mass is 10.2. The molecule has 0 unspecified atom stereocenters. The third-order valence-electron chi connectivity index (χ3n) is 3.07. The number of carbonyl (C=O) groups excluding carboxylic acids is 2. The summed E-state index contributed by atoms with van der Waals surface area (Å²) < 4.78 is 0. The van der Waals surface area contributed by atoms with Crippen LogP contribution < -0.4 is 20.6 Å². The summed E-state index contributed by atoms with van der Waals surface area (Å²) >= 11 is 0. The molecule has 106 valence electrons. The number of fused-ring (bicyclic) bond motifs is 1. The standard InChI is InChI=1S/C14H11N3O4/c18-13(19)9-4-3-5-10(8-9)16-14(20)15-11-6-1-2-7-12(11)17(16)21/h1-8,21H,(H,15,20)(H,18,19)/p-1. The molecule has 7 nitrogen and oxygen atoms in total. The number of carbonyl (C=O) groups is 2. The van der Waals surface area contributed by atoms with E-state index in [-0.39, 0.29) is 11.3 Å². The van der Waals surface area contributed by atoms with Crippen LogP contribution in [0.4, 0.5) is 21.9 Å². The predicted octanol–water partition coefficient (Wildman–Crippen LogP) is 1.21. The van der Waals surface area contributed by atoms with Gasteiger partial charge in [0.05, 0.1) is 17.3 Å². The summed E-state index contributed by atoms with van der Waals surface area (Å²) in [4.78, 5) is 23.0. The normalized spacial score (nSPS) is 13.7. The maximum atomic E-state index is 12.1. The highest BCUT2D eigenvalue weighted by Crippen LogP contribution is 2.32. The van der Waals surface area contributed by atoms with Gasteiger partial charge in [-0.15, -0.1) is 0 Å². The van der Waals surface area contributed by atoms with E-state index in [4.69, 9.17) is 0 Å². The molecular formula is C14H10N3O4-. The van der Waals surface area contributed by atoms with Crippen LogP contribution in [-0.4, -0.2) is 17.2 Å². The Kier molecular flexibility index (Phi) is 2.96. The van der Waals surface area contributed by atoms with Gasteiger partial charge in [0.2, 0.25) is 0 Å². The van der Waals surface area contributed by atoms with Crippen molar-refractivity contribution < 1.29 is 19.9 Å². The second kappa shape index (κ2) is 4.80. The molecule has 2 amide bonds. The molecular weight excluding hydrogens is 274 g/mol. The van der Waals surface area contributed by atoms with Crippen LogP contribution in [0.2, 0.25) is 0 Å². The van der Waals surface area contributed by atoms with Gasteiger partial charge in [0.1, 0.15) is 5.69 Å². The van der Waals surface area contributed by atoms with Gasteiger partial charge in [-0.05, 0) is 29.8 Å². The van der Waals surface area contributed by atoms with Crippen LogP contribution in [0.15, 0.2) is 48.5 Å². The van der Waals surface area contributed by atoms with Crippen molar-refractivity contribution in [3.05, 3.63) is 54.1 Å². The van der Waals surface area contributed by atoms with Crippen molar-refractivity contribution in [1.82, 2.24) is 0 Å². The van der Waals surface area contributed by atoms with Crippen LogP contribution in [0.25, 0.3) is 0 Å². The largest absolute Gasteiger partial charge is 0.545 e. The maximum Gasteiger partial charge on any atom is 0.347 e. The zero-order valence-electron chi connectivity index (χ0n) is 10.7. The fraction of sp³-hybridized carbons (Fsp3) is 0. The third kappa shape index (κ3) is 2.15. The molecule has 0 radical (unpaired) electrons. The molecule has 0 saturated heterocycles. The number of anilines is 3. The molecule has 0 saturated carbocycles. The second-order valence-corrected chi connectivity index (χ2v) is 4.39. The number of hydrogen-bond acceptors (Lipinski definition) is 5. The summed E-state index contributed by atoms with van der Waals surface area (Å²) in [6.07, 6.45) is 0. The van der Waals surface area contributed by atoms with Crippen molar-refractivity contribution in [2.24, 2.45) is 0 Å². The fourth-order valence-corrected chi connectivity index (χ4v) is 2.11. The first-order valence-electron chi connectivity index (χ1n) is 6.08. The van der Waals surface area contributed by atoms with Gasteiger partial charge in [0.25, 0.3) is 0 Å². The molecule has 3 rings (SSSR count). The number of aromatic carboxylic acids is 1. The number of benzene rings is 2. The first-order valence-corrected chi connectivity index (χ1v) is 6.08. The zero-order valence-corrected chi connectivity index (χ0v) is 10.7. The van der Waals surface area contributed by atoms with Crippen LogP contribution in [0.1, 0.15) is 10.4 Å². The number of para-hydroxylation sites is 2. The molecule has 0 aliphatic carbocycles. The molecule has 0 aromatic heterocycles. The number of hydrogen-bond donors (Lipinski definition) is 2. The molecule has 21 heavy (non-hydrogen) atoms. The van der Waals surface area contributed by atoms with Crippen molar-refractivity contribution in [2.45, 2.75) is 0 Å². The van der Waals surface area contributed by atoms with Gasteiger partial charge in [0.15, 0.2) is 0 Å². The first kappa shape index (κ1) is 12.9. The number of urea groups is 1. The Hall–Kier alpha value is -3.06. The average Bonchev–Trinajstić information content (AvgIpc) is 2.47. The molecule has 2 aromatic rings. The van der Waals surface area contributed by atoms with Crippen LogP contribution in [0, 0.1) is 0 Å². The topological polar surface area (TPSA) is 95.9 Å². The maximum absolute atomic E-state index is 12.1. The minimum atomic E-state index is -1.36. The summed E-state index contributed by atoms with van der Waals surface area (Å²) in [5.74, 6) is -1.36. The molecule has 2 N–H and O–H groups in total. The highest BCUT2D eigenvalue weighted by Gasteiger charge is 2.30. The Morgan fingerprint density at radius 2 is 1.90 bits per heavy atom. The number of carboxylic acids is 1. The van der Waals surface area contributed by atoms with E-state index in [9.17, 15) is 19.9 Å². The smallest absolute Gasteiger partial charge is 0.347 e. The van der Waals surface area contributed by atoms with Gasteiger partial charge in [-0.1, -0.05) is 24.3 Å². The Morgan fingerprint density at radius 1 is 1.14 bits per heavy atom. The van der Waals surface area contributed by atoms with Crippen molar-refractivity contribution in [3.63, 3.8) is 0 Å². The van der Waals surface area contributed by atoms with Gasteiger partial charge in [-0.25, -0.2) is 4.79 Å². The van der Waals surface area contributed by atoms with E-state index < -0.39 is 12.0 Å². The molecule has 0 bridgehead atoms. The molecule has 1 aliphatic rings. The highest BCUT2D eigenvalue weighted by atomic mass is 16.6. The minimum absolute atomic E-state index is 0.0902. The number of nitrogens with one attached hydrogen (secondary N) is 1. The average molecular weight is 284 g/mol. The van der Waals surface area contributed by atoms with Gasteiger partial charge in [-0.3, -0.25) is 5.21 Å². The fourth-order valence-electron chi connectivity index (χ4n) is 2.11. The number of amides is 2. The Morgan fingerprint density at radius 3 is 2.67 bits per heavy atom. The number of nitrogens with zero attached hydrogens (tertiary/aromatic N) is 2. The summed E-state index contributed by atoms with van der Waals surface area (Å²) in [5.41, 5.74) is 0.937. The van der Waals surface area contributed by atoms with Gasteiger partial charge < -0.3 is 15.2 Å². The van der Waals surface area contributed by atoms with E-state index in [0.29, 0.717) is 16.5 Å². The van der Waals surface area contributed by atoms with E-state index in [1.54, 1.807) is 24.3 Å². The molecule has 0 fully saturated rings. The second-order valence-electron chi connectivity index (χ2n) is 4.39.